The van der Waals surface area contributed by atoms with Crippen LogP contribution in [0.2, 0.25) is 0 Å². The van der Waals surface area contributed by atoms with Crippen LogP contribution in [-0.4, -0.2) is 83.1 Å². The molecule has 0 heterocycles. The van der Waals surface area contributed by atoms with Crippen LogP contribution in [0.25, 0.3) is 0 Å². The highest BCUT2D eigenvalue weighted by molar-refractivity contribution is 5.79. The molecule has 3 N–H and O–H groups in total. The van der Waals surface area contributed by atoms with Crippen LogP contribution < -0.4 is 16.0 Å². The van der Waals surface area contributed by atoms with Crippen LogP contribution in [0.4, 0.5) is 4.79 Å². The molecule has 0 aliphatic heterocycles. The number of hydrogen-bond acceptors (Lipinski definition) is 5. The standard InChI is InChI=1S/C19H41N5O3/c1-7-20-18(21-10-12-24(5)11-9-13-26-6)22-15-17(14-16(3)4)23-19(25)27-8-2/h16-17H,7-15H2,1-6H3,(H,23,25)(H2,20,21,22). The number of hydrogen-bond donors (Lipinski definition) is 3. The van der Waals surface area contributed by atoms with Crippen LogP contribution in [0.15, 0.2) is 4.99 Å². The Labute approximate surface area is 165 Å². The summed E-state index contributed by atoms with van der Waals surface area (Å²) in [5.74, 6) is 1.23. The summed E-state index contributed by atoms with van der Waals surface area (Å²) >= 11 is 0. The Balaban J connectivity index is 4.51. The van der Waals surface area contributed by atoms with Gasteiger partial charge < -0.3 is 30.3 Å². The number of rotatable bonds is 14. The van der Waals surface area contributed by atoms with Crippen LogP contribution in [0.5, 0.6) is 0 Å². The van der Waals surface area contributed by atoms with E-state index < -0.39 is 0 Å². The van der Waals surface area contributed by atoms with E-state index in [2.05, 4.69) is 46.7 Å². The second kappa shape index (κ2) is 16.6. The van der Waals surface area contributed by atoms with Gasteiger partial charge in [-0.1, -0.05) is 13.8 Å². The fraction of sp³-hybridized carbons (Fsp3) is 0.895. The summed E-state index contributed by atoms with van der Waals surface area (Å²) in [6.45, 7) is 13.3. The molecule has 160 valence electrons. The average molecular weight is 388 g/mol. The van der Waals surface area contributed by atoms with Gasteiger partial charge in [-0.05, 0) is 39.7 Å². The van der Waals surface area contributed by atoms with Crippen molar-refractivity contribution in [1.29, 1.82) is 0 Å². The van der Waals surface area contributed by atoms with Gasteiger partial charge in [-0.3, -0.25) is 4.99 Å². The Morgan fingerprint density at radius 3 is 2.52 bits per heavy atom. The zero-order valence-corrected chi connectivity index (χ0v) is 18.1. The van der Waals surface area contributed by atoms with Gasteiger partial charge in [0.1, 0.15) is 0 Å². The lowest BCUT2D eigenvalue weighted by Crippen LogP contribution is -2.43. The first-order chi connectivity index (χ1) is 12.9. The maximum atomic E-state index is 11.7. The van der Waals surface area contributed by atoms with Crippen molar-refractivity contribution >= 4 is 12.1 Å². The van der Waals surface area contributed by atoms with Crippen LogP contribution in [0.1, 0.15) is 40.5 Å². The summed E-state index contributed by atoms with van der Waals surface area (Å²) in [5.41, 5.74) is 0. The van der Waals surface area contributed by atoms with E-state index in [1.54, 1.807) is 14.0 Å². The van der Waals surface area contributed by atoms with E-state index in [9.17, 15) is 4.79 Å². The molecule has 0 fully saturated rings. The smallest absolute Gasteiger partial charge is 0.407 e. The molecule has 0 saturated heterocycles. The fourth-order valence-electron chi connectivity index (χ4n) is 2.59. The van der Waals surface area contributed by atoms with Crippen LogP contribution in [0, 0.1) is 5.92 Å². The van der Waals surface area contributed by atoms with E-state index in [1.807, 2.05) is 6.92 Å². The molecule has 1 unspecified atom stereocenters. The van der Waals surface area contributed by atoms with Crippen molar-refractivity contribution in [3.05, 3.63) is 0 Å². The Morgan fingerprint density at radius 2 is 1.93 bits per heavy atom. The highest BCUT2D eigenvalue weighted by Crippen LogP contribution is 2.05. The number of methoxy groups -OCH3 is 1. The lowest BCUT2D eigenvalue weighted by Gasteiger charge is -2.20. The monoisotopic (exact) mass is 387 g/mol. The Hall–Kier alpha value is -1.54. The lowest BCUT2D eigenvalue weighted by molar-refractivity contribution is 0.147. The minimum atomic E-state index is -0.381. The maximum Gasteiger partial charge on any atom is 0.407 e. The summed E-state index contributed by atoms with van der Waals surface area (Å²) in [5, 5.41) is 9.51. The van der Waals surface area contributed by atoms with Gasteiger partial charge in [-0.15, -0.1) is 0 Å². The molecule has 0 aromatic rings. The van der Waals surface area contributed by atoms with Gasteiger partial charge in [0.25, 0.3) is 0 Å². The number of likely N-dealkylation sites (N-methyl/N-ethyl adjacent to an activating group) is 1. The van der Waals surface area contributed by atoms with E-state index in [-0.39, 0.29) is 12.1 Å². The zero-order chi connectivity index (χ0) is 20.5. The zero-order valence-electron chi connectivity index (χ0n) is 18.1. The summed E-state index contributed by atoms with van der Waals surface area (Å²) in [7, 11) is 3.83. The predicted molar refractivity (Wildman–Crippen MR) is 111 cm³/mol. The topological polar surface area (TPSA) is 87.2 Å². The molecule has 0 aromatic heterocycles. The highest BCUT2D eigenvalue weighted by Gasteiger charge is 2.14. The van der Waals surface area contributed by atoms with Crippen LogP contribution in [0.3, 0.4) is 0 Å². The summed E-state index contributed by atoms with van der Waals surface area (Å²) in [6.07, 6.45) is 1.50. The normalized spacial score (nSPS) is 13.0. The molecular formula is C19H41N5O3. The summed E-state index contributed by atoms with van der Waals surface area (Å²) in [6, 6.07) is -0.0452. The summed E-state index contributed by atoms with van der Waals surface area (Å²) in [4.78, 5) is 18.6. The molecule has 1 atom stereocenters. The van der Waals surface area contributed by atoms with E-state index >= 15 is 0 Å². The van der Waals surface area contributed by atoms with Gasteiger partial charge in [-0.25, -0.2) is 4.79 Å². The molecule has 8 nitrogen and oxygen atoms in total. The number of carbonyl (C=O) groups is 1. The van der Waals surface area contributed by atoms with Gasteiger partial charge in [0.15, 0.2) is 5.96 Å². The van der Waals surface area contributed by atoms with Crippen molar-refractivity contribution in [2.24, 2.45) is 10.9 Å². The van der Waals surface area contributed by atoms with Gasteiger partial charge in [0.05, 0.1) is 19.2 Å². The first kappa shape index (κ1) is 25.5. The largest absolute Gasteiger partial charge is 0.450 e. The number of guanidine groups is 1. The number of nitrogens with zero attached hydrogens (tertiary/aromatic N) is 2. The van der Waals surface area contributed by atoms with E-state index in [0.29, 0.717) is 19.1 Å². The molecule has 27 heavy (non-hydrogen) atoms. The Morgan fingerprint density at radius 1 is 1.19 bits per heavy atom. The van der Waals surface area contributed by atoms with Crippen molar-refractivity contribution in [1.82, 2.24) is 20.9 Å². The van der Waals surface area contributed by atoms with Crippen LogP contribution >= 0.6 is 0 Å². The van der Waals surface area contributed by atoms with Crippen molar-refractivity contribution in [2.45, 2.75) is 46.6 Å². The lowest BCUT2D eigenvalue weighted by atomic mass is 10.0. The molecule has 0 aromatic carbocycles. The fourth-order valence-corrected chi connectivity index (χ4v) is 2.59. The quantitative estimate of drug-likeness (QED) is 0.239. The molecule has 0 bridgehead atoms. The van der Waals surface area contributed by atoms with E-state index in [1.165, 1.54) is 0 Å². The molecule has 0 aliphatic rings. The van der Waals surface area contributed by atoms with Crippen molar-refractivity contribution in [3.63, 3.8) is 0 Å². The molecule has 0 radical (unpaired) electrons. The molecule has 0 spiro atoms. The maximum absolute atomic E-state index is 11.7. The predicted octanol–water partition coefficient (Wildman–Crippen LogP) is 1.67. The second-order valence-corrected chi connectivity index (χ2v) is 6.99. The number of amides is 1. The van der Waals surface area contributed by atoms with Gasteiger partial charge in [0.2, 0.25) is 0 Å². The number of alkyl carbamates (subject to hydrolysis) is 1. The van der Waals surface area contributed by atoms with Crippen molar-refractivity contribution in [3.8, 4) is 0 Å². The molecule has 1 amide bonds. The highest BCUT2D eigenvalue weighted by atomic mass is 16.5. The number of aliphatic imine (C=N–C) groups is 1. The van der Waals surface area contributed by atoms with Crippen LogP contribution in [-0.2, 0) is 9.47 Å². The van der Waals surface area contributed by atoms with Gasteiger partial charge in [0, 0.05) is 39.9 Å². The number of carbonyl (C=O) groups excluding carboxylic acids is 1. The van der Waals surface area contributed by atoms with E-state index in [0.717, 1.165) is 51.6 Å². The Bertz CT molecular complexity index is 405. The first-order valence-corrected chi connectivity index (χ1v) is 10.1. The molecule has 0 aliphatic carbocycles. The third kappa shape index (κ3) is 15.2. The minimum absolute atomic E-state index is 0.0452. The molecule has 0 rings (SSSR count). The van der Waals surface area contributed by atoms with Crippen molar-refractivity contribution in [2.75, 3.05) is 60.1 Å². The number of ether oxygens (including phenoxy) is 2. The average Bonchev–Trinajstić information content (AvgIpc) is 2.59. The Kier molecular flexibility index (Phi) is 15.7. The molecule has 0 saturated carbocycles. The minimum Gasteiger partial charge on any atom is -0.450 e. The van der Waals surface area contributed by atoms with Gasteiger partial charge in [-0.2, -0.15) is 0 Å². The SMILES string of the molecule is CCNC(=NCC(CC(C)C)NC(=O)OCC)NCCN(C)CCCOC. The van der Waals surface area contributed by atoms with Gasteiger partial charge >= 0.3 is 6.09 Å². The first-order valence-electron chi connectivity index (χ1n) is 10.1. The number of nitrogens with one attached hydrogen (secondary N) is 3. The molecular weight excluding hydrogens is 346 g/mol. The third-order valence-electron chi connectivity index (χ3n) is 3.84. The molecule has 8 heteroatoms. The second-order valence-electron chi connectivity index (χ2n) is 6.99. The summed E-state index contributed by atoms with van der Waals surface area (Å²) < 4.78 is 10.1. The third-order valence-corrected chi connectivity index (χ3v) is 3.84. The van der Waals surface area contributed by atoms with E-state index in [4.69, 9.17) is 9.47 Å². The van der Waals surface area contributed by atoms with Crippen molar-refractivity contribution < 1.29 is 14.3 Å².